The van der Waals surface area contributed by atoms with Crippen LogP contribution in [0.5, 0.6) is 0 Å². The monoisotopic (exact) mass is 416 g/mol. The first kappa shape index (κ1) is 19.2. The second-order valence-corrected chi connectivity index (χ2v) is 8.96. The van der Waals surface area contributed by atoms with Crippen molar-refractivity contribution in [2.75, 3.05) is 26.7 Å². The molecule has 0 aromatic carbocycles. The van der Waals surface area contributed by atoms with Crippen LogP contribution in [0.15, 0.2) is 15.9 Å². The fourth-order valence-corrected chi connectivity index (χ4v) is 4.22. The topological polar surface area (TPSA) is 49.9 Å². The molecule has 1 aromatic rings. The van der Waals surface area contributed by atoms with Gasteiger partial charge in [0.15, 0.2) is 0 Å². The molecule has 1 fully saturated rings. The van der Waals surface area contributed by atoms with Crippen LogP contribution in [0.1, 0.15) is 43.3 Å². The van der Waals surface area contributed by atoms with Crippen molar-refractivity contribution in [3.05, 3.63) is 20.8 Å². The summed E-state index contributed by atoms with van der Waals surface area (Å²) in [4.78, 5) is 28.8. The van der Waals surface area contributed by atoms with Gasteiger partial charge in [-0.3, -0.25) is 4.79 Å². The van der Waals surface area contributed by atoms with Gasteiger partial charge in [-0.15, -0.1) is 11.3 Å². The van der Waals surface area contributed by atoms with Gasteiger partial charge in [0.2, 0.25) is 0 Å². The highest BCUT2D eigenvalue weighted by Crippen LogP contribution is 2.27. The maximum Gasteiger partial charge on any atom is 0.410 e. The number of carbonyl (C=O) groups excluding carboxylic acids is 2. The fraction of sp³-hybridized carbons (Fsp3) is 0.647. The van der Waals surface area contributed by atoms with Crippen molar-refractivity contribution in [2.24, 2.45) is 5.92 Å². The summed E-state index contributed by atoms with van der Waals surface area (Å²) >= 11 is 4.89. The summed E-state index contributed by atoms with van der Waals surface area (Å²) in [7, 11) is 1.77. The highest BCUT2D eigenvalue weighted by Gasteiger charge is 2.28. The van der Waals surface area contributed by atoms with Crippen LogP contribution in [-0.2, 0) is 4.74 Å². The molecule has 1 aliphatic rings. The predicted octanol–water partition coefficient (Wildman–Crippen LogP) is 4.23. The molecule has 134 valence electrons. The summed E-state index contributed by atoms with van der Waals surface area (Å²) in [6.45, 7) is 7.73. The van der Waals surface area contributed by atoms with E-state index in [0.29, 0.717) is 12.5 Å². The van der Waals surface area contributed by atoms with Crippen LogP contribution in [-0.4, -0.2) is 54.1 Å². The van der Waals surface area contributed by atoms with Crippen molar-refractivity contribution in [3.8, 4) is 0 Å². The molecule has 2 rings (SSSR count). The number of hydrogen-bond acceptors (Lipinski definition) is 4. The molecular formula is C17H25BrN2O3S. The molecular weight excluding hydrogens is 392 g/mol. The zero-order chi connectivity index (χ0) is 17.9. The molecule has 1 aromatic heterocycles. The summed E-state index contributed by atoms with van der Waals surface area (Å²) in [6, 6.07) is 1.90. The lowest BCUT2D eigenvalue weighted by Gasteiger charge is -2.34. The van der Waals surface area contributed by atoms with E-state index in [-0.39, 0.29) is 12.0 Å². The lowest BCUT2D eigenvalue weighted by molar-refractivity contribution is 0.0246. The molecule has 1 saturated heterocycles. The van der Waals surface area contributed by atoms with Crippen molar-refractivity contribution in [1.82, 2.24) is 9.80 Å². The molecule has 0 N–H and O–H groups in total. The Hall–Kier alpha value is -1.08. The van der Waals surface area contributed by atoms with Gasteiger partial charge >= 0.3 is 6.09 Å². The minimum absolute atomic E-state index is 0.0934. The average molecular weight is 417 g/mol. The molecule has 0 bridgehead atoms. The van der Waals surface area contributed by atoms with Crippen molar-refractivity contribution >= 4 is 39.3 Å². The Morgan fingerprint density at radius 1 is 1.38 bits per heavy atom. The Bertz CT molecular complexity index is 589. The Morgan fingerprint density at radius 2 is 2.00 bits per heavy atom. The maximum atomic E-state index is 12.5. The van der Waals surface area contributed by atoms with Gasteiger partial charge in [0.25, 0.3) is 5.91 Å². The van der Waals surface area contributed by atoms with E-state index in [4.69, 9.17) is 4.74 Å². The second kappa shape index (κ2) is 7.87. The number of rotatable bonds is 3. The van der Waals surface area contributed by atoms with Crippen LogP contribution in [0, 0.1) is 5.92 Å². The molecule has 0 saturated carbocycles. The first-order chi connectivity index (χ1) is 11.2. The molecule has 1 aliphatic heterocycles. The fourth-order valence-electron chi connectivity index (χ4n) is 2.71. The number of carbonyl (C=O) groups is 2. The van der Waals surface area contributed by atoms with Crippen LogP contribution in [0.25, 0.3) is 0 Å². The minimum Gasteiger partial charge on any atom is -0.444 e. The minimum atomic E-state index is -0.477. The molecule has 2 amide bonds. The highest BCUT2D eigenvalue weighted by molar-refractivity contribution is 9.10. The number of piperidine rings is 1. The number of likely N-dealkylation sites (tertiary alicyclic amines) is 1. The summed E-state index contributed by atoms with van der Waals surface area (Å²) in [6.07, 6.45) is 1.52. The number of halogens is 1. The lowest BCUT2D eigenvalue weighted by Crippen LogP contribution is -2.42. The average Bonchev–Trinajstić information content (AvgIpc) is 2.91. The number of nitrogens with zero attached hydrogens (tertiary/aromatic N) is 2. The summed E-state index contributed by atoms with van der Waals surface area (Å²) < 4.78 is 6.25. The third-order valence-electron chi connectivity index (χ3n) is 3.95. The van der Waals surface area contributed by atoms with Crippen molar-refractivity contribution in [3.63, 3.8) is 0 Å². The van der Waals surface area contributed by atoms with Crippen LogP contribution in [0.4, 0.5) is 4.79 Å². The zero-order valence-electron chi connectivity index (χ0n) is 14.7. The van der Waals surface area contributed by atoms with Gasteiger partial charge in [0, 0.05) is 31.2 Å². The van der Waals surface area contributed by atoms with Crippen molar-refractivity contribution in [2.45, 2.75) is 39.2 Å². The summed E-state index contributed by atoms with van der Waals surface area (Å²) in [5.74, 6) is 0.495. The predicted molar refractivity (Wildman–Crippen MR) is 99.5 cm³/mol. The van der Waals surface area contributed by atoms with Gasteiger partial charge in [-0.2, -0.15) is 0 Å². The Kier molecular flexibility index (Phi) is 6.31. The van der Waals surface area contributed by atoms with E-state index in [9.17, 15) is 9.59 Å². The normalized spacial score (nSPS) is 16.1. The van der Waals surface area contributed by atoms with Gasteiger partial charge in [-0.05, 0) is 66.9 Å². The molecule has 0 unspecified atom stereocenters. The van der Waals surface area contributed by atoms with E-state index in [1.54, 1.807) is 11.9 Å². The quantitative estimate of drug-likeness (QED) is 0.740. The molecule has 7 heteroatoms. The summed E-state index contributed by atoms with van der Waals surface area (Å²) in [5, 5.41) is 1.92. The van der Waals surface area contributed by atoms with Crippen LogP contribution in [0.3, 0.4) is 0 Å². The van der Waals surface area contributed by atoms with Gasteiger partial charge in [-0.1, -0.05) is 0 Å². The lowest BCUT2D eigenvalue weighted by atomic mass is 9.96. The molecule has 0 aliphatic carbocycles. The van der Waals surface area contributed by atoms with Crippen LogP contribution < -0.4 is 0 Å². The zero-order valence-corrected chi connectivity index (χ0v) is 17.1. The standard InChI is InChI=1S/C17H25BrN2O3S/c1-17(2,3)23-16(22)19(4)11-12-5-8-20(9-6-12)15(21)14-13(18)7-10-24-14/h7,10,12H,5-6,8-9,11H2,1-4H3. The number of thiophene rings is 1. The summed E-state index contributed by atoms with van der Waals surface area (Å²) in [5.41, 5.74) is -0.477. The Balaban J connectivity index is 1.81. The third-order valence-corrected chi connectivity index (χ3v) is 5.78. The van der Waals surface area contributed by atoms with E-state index in [0.717, 1.165) is 35.3 Å². The highest BCUT2D eigenvalue weighted by atomic mass is 79.9. The molecule has 24 heavy (non-hydrogen) atoms. The van der Waals surface area contributed by atoms with Gasteiger partial charge in [-0.25, -0.2) is 4.79 Å². The van der Waals surface area contributed by atoms with E-state index in [1.807, 2.05) is 37.1 Å². The first-order valence-corrected chi connectivity index (χ1v) is 9.81. The van der Waals surface area contributed by atoms with Crippen LogP contribution >= 0.6 is 27.3 Å². The number of hydrogen-bond donors (Lipinski definition) is 0. The molecule has 5 nitrogen and oxygen atoms in total. The number of ether oxygens (including phenoxy) is 1. The molecule has 0 spiro atoms. The van der Waals surface area contributed by atoms with E-state index in [2.05, 4.69) is 15.9 Å². The maximum absolute atomic E-state index is 12.5. The van der Waals surface area contributed by atoms with Gasteiger partial charge < -0.3 is 14.5 Å². The SMILES string of the molecule is CN(CC1CCN(C(=O)c2sccc2Br)CC1)C(=O)OC(C)(C)C. The third kappa shape index (κ3) is 5.21. The largest absolute Gasteiger partial charge is 0.444 e. The first-order valence-electron chi connectivity index (χ1n) is 8.14. The van der Waals surface area contributed by atoms with Crippen molar-refractivity contribution < 1.29 is 14.3 Å². The van der Waals surface area contributed by atoms with Gasteiger partial charge in [0.05, 0.1) is 0 Å². The van der Waals surface area contributed by atoms with E-state index >= 15 is 0 Å². The Labute approximate surface area is 156 Å². The van der Waals surface area contributed by atoms with Gasteiger partial charge in [0.1, 0.15) is 10.5 Å². The number of amides is 2. The second-order valence-electron chi connectivity index (χ2n) is 7.19. The molecule has 2 heterocycles. The molecule has 0 atom stereocenters. The van der Waals surface area contributed by atoms with Crippen LogP contribution in [0.2, 0.25) is 0 Å². The van der Waals surface area contributed by atoms with E-state index < -0.39 is 5.60 Å². The van der Waals surface area contributed by atoms with E-state index in [1.165, 1.54) is 11.3 Å². The smallest absolute Gasteiger partial charge is 0.410 e. The Morgan fingerprint density at radius 3 is 2.50 bits per heavy atom. The molecule has 0 radical (unpaired) electrons. The van der Waals surface area contributed by atoms with Crippen molar-refractivity contribution in [1.29, 1.82) is 0 Å².